The van der Waals surface area contributed by atoms with Gasteiger partial charge in [-0.15, -0.1) is 0 Å². The van der Waals surface area contributed by atoms with Crippen molar-refractivity contribution in [2.75, 3.05) is 30.2 Å². The van der Waals surface area contributed by atoms with E-state index in [-0.39, 0.29) is 34.1 Å². The van der Waals surface area contributed by atoms with E-state index in [1.165, 1.54) is 17.0 Å². The molecule has 10 heteroatoms. The maximum absolute atomic E-state index is 13.6. The first-order chi connectivity index (χ1) is 16.5. The summed E-state index contributed by atoms with van der Waals surface area (Å²) in [4.78, 5) is 28.1. The summed E-state index contributed by atoms with van der Waals surface area (Å²) >= 11 is 12.4. The number of benzene rings is 2. The predicted molar refractivity (Wildman–Crippen MR) is 142 cm³/mol. The highest BCUT2D eigenvalue weighted by atomic mass is 35.5. The molecule has 35 heavy (non-hydrogen) atoms. The standard InChI is InChI=1S/C25H33Cl2N3O4S/c1-5-21(25(32)28-16-18(2)3)29(15-14-19-10-7-6-8-11-19)23(31)17-30(35(4,33)34)22-13-9-12-20(26)24(22)27/h6-13,18,21H,5,14-17H2,1-4H3,(H,28,32). The maximum atomic E-state index is 13.6. The van der Waals surface area contributed by atoms with E-state index < -0.39 is 28.5 Å². The molecule has 0 aliphatic carbocycles. The molecule has 0 saturated carbocycles. The molecule has 2 aromatic rings. The summed E-state index contributed by atoms with van der Waals surface area (Å²) in [5, 5.41) is 3.10. The number of carbonyl (C=O) groups excluding carboxylic acids is 2. The third-order valence-corrected chi connectivity index (χ3v) is 7.37. The lowest BCUT2D eigenvalue weighted by Gasteiger charge is -2.33. The summed E-state index contributed by atoms with van der Waals surface area (Å²) in [6, 6.07) is 13.4. The SMILES string of the molecule is CCC(C(=O)NCC(C)C)N(CCc1ccccc1)C(=O)CN(c1cccc(Cl)c1Cl)S(C)(=O)=O. The number of halogens is 2. The van der Waals surface area contributed by atoms with Gasteiger partial charge in [0, 0.05) is 13.1 Å². The van der Waals surface area contributed by atoms with Crippen LogP contribution in [-0.2, 0) is 26.0 Å². The largest absolute Gasteiger partial charge is 0.354 e. The molecule has 0 aliphatic heterocycles. The molecular weight excluding hydrogens is 509 g/mol. The van der Waals surface area contributed by atoms with Crippen molar-refractivity contribution in [3.8, 4) is 0 Å². The quantitative estimate of drug-likeness (QED) is 0.431. The van der Waals surface area contributed by atoms with Crippen molar-refractivity contribution in [3.63, 3.8) is 0 Å². The minimum Gasteiger partial charge on any atom is -0.354 e. The van der Waals surface area contributed by atoms with Crippen LogP contribution in [0.3, 0.4) is 0 Å². The first kappa shape index (κ1) is 28.9. The van der Waals surface area contributed by atoms with Crippen molar-refractivity contribution < 1.29 is 18.0 Å². The van der Waals surface area contributed by atoms with Crippen molar-refractivity contribution in [2.24, 2.45) is 5.92 Å². The highest BCUT2D eigenvalue weighted by molar-refractivity contribution is 7.92. The van der Waals surface area contributed by atoms with Crippen molar-refractivity contribution in [2.45, 2.75) is 39.7 Å². The second-order valence-electron chi connectivity index (χ2n) is 8.73. The highest BCUT2D eigenvalue weighted by Crippen LogP contribution is 2.33. The van der Waals surface area contributed by atoms with Crippen LogP contribution in [0.2, 0.25) is 10.0 Å². The Hall–Kier alpha value is -2.29. The molecule has 0 saturated heterocycles. The van der Waals surface area contributed by atoms with Crippen LogP contribution < -0.4 is 9.62 Å². The fraction of sp³-hybridized carbons (Fsp3) is 0.440. The molecule has 2 amide bonds. The number of amides is 2. The van der Waals surface area contributed by atoms with E-state index >= 15 is 0 Å². The van der Waals surface area contributed by atoms with Gasteiger partial charge in [0.1, 0.15) is 12.6 Å². The van der Waals surface area contributed by atoms with Gasteiger partial charge >= 0.3 is 0 Å². The van der Waals surface area contributed by atoms with Gasteiger partial charge < -0.3 is 10.2 Å². The predicted octanol–water partition coefficient (Wildman–Crippen LogP) is 4.38. The topological polar surface area (TPSA) is 86.8 Å². The fourth-order valence-electron chi connectivity index (χ4n) is 3.60. The second-order valence-corrected chi connectivity index (χ2v) is 11.4. The maximum Gasteiger partial charge on any atom is 0.244 e. The molecular formula is C25H33Cl2N3O4S. The highest BCUT2D eigenvalue weighted by Gasteiger charge is 2.32. The molecule has 0 bridgehead atoms. The van der Waals surface area contributed by atoms with Crippen LogP contribution in [-0.4, -0.2) is 57.1 Å². The molecule has 192 valence electrons. The third kappa shape index (κ3) is 8.40. The molecule has 0 heterocycles. The number of nitrogens with one attached hydrogen (secondary N) is 1. The summed E-state index contributed by atoms with van der Waals surface area (Å²) in [5.41, 5.74) is 1.11. The normalized spacial score (nSPS) is 12.3. The van der Waals surface area contributed by atoms with Gasteiger partial charge in [0.25, 0.3) is 0 Å². The van der Waals surface area contributed by atoms with Crippen molar-refractivity contribution in [3.05, 3.63) is 64.1 Å². The first-order valence-corrected chi connectivity index (χ1v) is 14.1. The Kier molecular flexibility index (Phi) is 10.9. The Bertz CT molecular complexity index is 1110. The molecule has 2 aromatic carbocycles. The molecule has 2 rings (SSSR count). The average Bonchev–Trinajstić information content (AvgIpc) is 2.80. The number of carbonyl (C=O) groups is 2. The zero-order chi connectivity index (χ0) is 26.2. The summed E-state index contributed by atoms with van der Waals surface area (Å²) in [6.45, 7) is 6.00. The number of hydrogen-bond acceptors (Lipinski definition) is 4. The number of nitrogens with zero attached hydrogens (tertiary/aromatic N) is 2. The average molecular weight is 543 g/mol. The summed E-state index contributed by atoms with van der Waals surface area (Å²) < 4.78 is 26.2. The van der Waals surface area contributed by atoms with E-state index in [2.05, 4.69) is 5.32 Å². The van der Waals surface area contributed by atoms with Crippen LogP contribution >= 0.6 is 23.2 Å². The van der Waals surface area contributed by atoms with Gasteiger partial charge in [0.15, 0.2) is 0 Å². The first-order valence-electron chi connectivity index (χ1n) is 11.5. The Morgan fingerprint density at radius 3 is 2.26 bits per heavy atom. The third-order valence-electron chi connectivity index (χ3n) is 5.43. The number of rotatable bonds is 12. The summed E-state index contributed by atoms with van der Waals surface area (Å²) in [6.07, 6.45) is 1.89. The lowest BCUT2D eigenvalue weighted by Crippen LogP contribution is -2.53. The van der Waals surface area contributed by atoms with E-state index in [1.807, 2.05) is 51.1 Å². The van der Waals surface area contributed by atoms with E-state index in [9.17, 15) is 18.0 Å². The lowest BCUT2D eigenvalue weighted by molar-refractivity contribution is -0.139. The zero-order valence-corrected chi connectivity index (χ0v) is 22.8. The minimum absolute atomic E-state index is 0.0324. The van der Waals surface area contributed by atoms with Crippen LogP contribution in [0.25, 0.3) is 0 Å². The Morgan fingerprint density at radius 2 is 1.69 bits per heavy atom. The molecule has 1 atom stereocenters. The molecule has 0 aliphatic rings. The van der Waals surface area contributed by atoms with Crippen molar-refractivity contribution in [1.29, 1.82) is 0 Å². The molecule has 1 unspecified atom stereocenters. The van der Waals surface area contributed by atoms with Crippen LogP contribution in [0.15, 0.2) is 48.5 Å². The second kappa shape index (κ2) is 13.1. The molecule has 0 radical (unpaired) electrons. The van der Waals surface area contributed by atoms with Crippen molar-refractivity contribution in [1.82, 2.24) is 10.2 Å². The number of sulfonamides is 1. The van der Waals surface area contributed by atoms with Gasteiger partial charge in [-0.2, -0.15) is 0 Å². The van der Waals surface area contributed by atoms with E-state index in [4.69, 9.17) is 23.2 Å². The van der Waals surface area contributed by atoms with E-state index in [0.717, 1.165) is 16.1 Å². The molecule has 1 N–H and O–H groups in total. The van der Waals surface area contributed by atoms with Gasteiger partial charge in [-0.05, 0) is 36.5 Å². The molecule has 0 aromatic heterocycles. The Balaban J connectivity index is 2.39. The van der Waals surface area contributed by atoms with Gasteiger partial charge in [0.2, 0.25) is 21.8 Å². The van der Waals surface area contributed by atoms with Gasteiger partial charge in [-0.1, -0.05) is 80.4 Å². The number of anilines is 1. The lowest BCUT2D eigenvalue weighted by atomic mass is 10.1. The summed E-state index contributed by atoms with van der Waals surface area (Å²) in [7, 11) is -3.88. The fourth-order valence-corrected chi connectivity index (χ4v) is 4.90. The Labute approximate surface area is 218 Å². The zero-order valence-electron chi connectivity index (χ0n) is 20.5. The van der Waals surface area contributed by atoms with Gasteiger partial charge in [-0.25, -0.2) is 8.42 Å². The van der Waals surface area contributed by atoms with Crippen LogP contribution in [0.4, 0.5) is 5.69 Å². The molecule has 0 fully saturated rings. The smallest absolute Gasteiger partial charge is 0.244 e. The number of hydrogen-bond donors (Lipinski definition) is 1. The van der Waals surface area contributed by atoms with Crippen LogP contribution in [0.1, 0.15) is 32.8 Å². The van der Waals surface area contributed by atoms with E-state index in [1.54, 1.807) is 6.07 Å². The van der Waals surface area contributed by atoms with Crippen LogP contribution in [0, 0.1) is 5.92 Å². The van der Waals surface area contributed by atoms with Crippen LogP contribution in [0.5, 0.6) is 0 Å². The van der Waals surface area contributed by atoms with Gasteiger partial charge in [0.05, 0.1) is 22.0 Å². The minimum atomic E-state index is -3.88. The van der Waals surface area contributed by atoms with Gasteiger partial charge in [-0.3, -0.25) is 13.9 Å². The van der Waals surface area contributed by atoms with Crippen molar-refractivity contribution >= 4 is 50.7 Å². The molecule has 7 nitrogen and oxygen atoms in total. The molecule has 0 spiro atoms. The monoisotopic (exact) mass is 541 g/mol. The van der Waals surface area contributed by atoms with E-state index in [0.29, 0.717) is 19.4 Å². The summed E-state index contributed by atoms with van der Waals surface area (Å²) in [5.74, 6) is -0.529. The Morgan fingerprint density at radius 1 is 1.03 bits per heavy atom.